The maximum atomic E-state index is 12.3. The summed E-state index contributed by atoms with van der Waals surface area (Å²) >= 11 is 0. The lowest BCUT2D eigenvalue weighted by Crippen LogP contribution is -2.51. The minimum Gasteiger partial charge on any atom is -0.469 e. The molecule has 3 heteroatoms. The van der Waals surface area contributed by atoms with Crippen LogP contribution in [0.5, 0.6) is 0 Å². The molecule has 0 aromatic rings. The topological polar surface area (TPSA) is 46.5 Å². The van der Waals surface area contributed by atoms with Crippen LogP contribution in [0, 0.1) is 34.5 Å². The van der Waals surface area contributed by atoms with Gasteiger partial charge < -0.3 is 9.84 Å². The van der Waals surface area contributed by atoms with Crippen molar-refractivity contribution in [2.24, 2.45) is 34.5 Å². The van der Waals surface area contributed by atoms with Crippen molar-refractivity contribution in [3.63, 3.8) is 0 Å². The van der Waals surface area contributed by atoms with E-state index in [1.165, 1.54) is 25.5 Å². The van der Waals surface area contributed by atoms with Gasteiger partial charge in [-0.2, -0.15) is 0 Å². The molecule has 4 rings (SSSR count). The number of carbonyl (C=O) groups excluding carboxylic acids is 1. The zero-order chi connectivity index (χ0) is 17.1. The fourth-order valence-electron chi connectivity index (χ4n) is 7.17. The molecule has 0 aromatic heterocycles. The Bertz CT molecular complexity index is 567. The monoisotopic (exact) mass is 332 g/mol. The first-order valence-electron chi connectivity index (χ1n) is 9.85. The quantitative estimate of drug-likeness (QED) is 0.581. The molecule has 0 heterocycles. The summed E-state index contributed by atoms with van der Waals surface area (Å²) in [6.07, 6.45) is 11.0. The van der Waals surface area contributed by atoms with E-state index in [1.807, 2.05) is 0 Å². The van der Waals surface area contributed by atoms with Crippen LogP contribution in [0.15, 0.2) is 11.6 Å². The van der Waals surface area contributed by atoms with Crippen molar-refractivity contribution in [2.75, 3.05) is 7.11 Å². The Hall–Kier alpha value is -0.830. The standard InChI is InChI=1S/C21H32O3/c1-20-10-8-14(22)12-13(20)4-5-15-16-6-7-18(19(23)24-3)21(16,2)11-9-17(15)20/h4,14-18,22H,5-12H2,1-3H3/t14-,15-,16-,17-,18?,20-,21-/m0/s1. The molecule has 0 radical (unpaired) electrons. The number of aliphatic hydroxyl groups is 1. The smallest absolute Gasteiger partial charge is 0.309 e. The normalized spacial score (nSPS) is 50.3. The number of hydrogen-bond donors (Lipinski definition) is 1. The van der Waals surface area contributed by atoms with Crippen molar-refractivity contribution < 1.29 is 14.6 Å². The fourth-order valence-corrected chi connectivity index (χ4v) is 7.17. The maximum absolute atomic E-state index is 12.3. The van der Waals surface area contributed by atoms with E-state index in [2.05, 4.69) is 19.9 Å². The first-order chi connectivity index (χ1) is 11.4. The average molecular weight is 332 g/mol. The number of methoxy groups -OCH3 is 1. The van der Waals surface area contributed by atoms with Crippen molar-refractivity contribution in [1.82, 2.24) is 0 Å². The highest BCUT2D eigenvalue weighted by Gasteiger charge is 2.60. The summed E-state index contributed by atoms with van der Waals surface area (Å²) in [5.41, 5.74) is 1.94. The summed E-state index contributed by atoms with van der Waals surface area (Å²) in [4.78, 5) is 12.3. The van der Waals surface area contributed by atoms with Gasteiger partial charge in [-0.1, -0.05) is 25.5 Å². The second-order valence-corrected chi connectivity index (χ2v) is 9.35. The Morgan fingerprint density at radius 2 is 1.96 bits per heavy atom. The summed E-state index contributed by atoms with van der Waals surface area (Å²) in [7, 11) is 1.54. The van der Waals surface area contributed by atoms with Gasteiger partial charge in [0, 0.05) is 0 Å². The Morgan fingerprint density at radius 1 is 1.17 bits per heavy atom. The van der Waals surface area contributed by atoms with Gasteiger partial charge in [0.05, 0.1) is 19.1 Å². The minimum atomic E-state index is -0.134. The highest BCUT2D eigenvalue weighted by Crippen LogP contribution is 2.66. The summed E-state index contributed by atoms with van der Waals surface area (Å²) < 4.78 is 5.12. The molecule has 0 amide bonds. The summed E-state index contributed by atoms with van der Waals surface area (Å²) in [5.74, 6) is 2.21. The third kappa shape index (κ3) is 2.16. The van der Waals surface area contributed by atoms with E-state index in [1.54, 1.807) is 0 Å². The Morgan fingerprint density at radius 3 is 2.71 bits per heavy atom. The molecule has 3 saturated carbocycles. The Labute approximate surface area is 145 Å². The van der Waals surface area contributed by atoms with Gasteiger partial charge in [0.15, 0.2) is 0 Å². The highest BCUT2D eigenvalue weighted by molar-refractivity contribution is 5.73. The molecule has 0 aromatic carbocycles. The van der Waals surface area contributed by atoms with Crippen molar-refractivity contribution in [3.05, 3.63) is 11.6 Å². The van der Waals surface area contributed by atoms with Crippen LogP contribution in [0.4, 0.5) is 0 Å². The van der Waals surface area contributed by atoms with Crippen LogP contribution in [0.2, 0.25) is 0 Å². The van der Waals surface area contributed by atoms with E-state index in [0.717, 1.165) is 44.4 Å². The Balaban J connectivity index is 1.64. The fraction of sp³-hybridized carbons (Fsp3) is 0.857. The third-order valence-electron chi connectivity index (χ3n) is 8.56. The number of allylic oxidation sites excluding steroid dienone is 1. The second-order valence-electron chi connectivity index (χ2n) is 9.35. The van der Waals surface area contributed by atoms with Gasteiger partial charge in [-0.05, 0) is 80.0 Å². The maximum Gasteiger partial charge on any atom is 0.309 e. The molecule has 0 spiro atoms. The van der Waals surface area contributed by atoms with Gasteiger partial charge in [0.1, 0.15) is 0 Å². The lowest BCUT2D eigenvalue weighted by molar-refractivity contribution is -0.152. The van der Waals surface area contributed by atoms with E-state index in [0.29, 0.717) is 11.8 Å². The van der Waals surface area contributed by atoms with Gasteiger partial charge in [0.25, 0.3) is 0 Å². The zero-order valence-corrected chi connectivity index (χ0v) is 15.4. The molecule has 4 aliphatic carbocycles. The van der Waals surface area contributed by atoms with Gasteiger partial charge in [-0.3, -0.25) is 4.79 Å². The zero-order valence-electron chi connectivity index (χ0n) is 15.4. The van der Waals surface area contributed by atoms with Crippen molar-refractivity contribution in [1.29, 1.82) is 0 Å². The van der Waals surface area contributed by atoms with Crippen molar-refractivity contribution in [3.8, 4) is 0 Å². The SMILES string of the molecule is COC(=O)C1CC[C@H]2[C@@H]3CC=C4C[C@@H](O)CC[C@]4(C)[C@H]3CC[C@]12C. The van der Waals surface area contributed by atoms with Gasteiger partial charge >= 0.3 is 5.97 Å². The van der Waals surface area contributed by atoms with Crippen LogP contribution in [0.25, 0.3) is 0 Å². The second kappa shape index (κ2) is 5.59. The molecule has 0 bridgehead atoms. The van der Waals surface area contributed by atoms with E-state index in [4.69, 9.17) is 4.74 Å². The van der Waals surface area contributed by atoms with Gasteiger partial charge in [0.2, 0.25) is 0 Å². The molecule has 24 heavy (non-hydrogen) atoms. The summed E-state index contributed by atoms with van der Waals surface area (Å²) in [5, 5.41) is 10.1. The van der Waals surface area contributed by atoms with E-state index < -0.39 is 0 Å². The van der Waals surface area contributed by atoms with Crippen molar-refractivity contribution in [2.45, 2.75) is 71.3 Å². The predicted octanol–water partition coefficient (Wildman–Crippen LogP) is 4.10. The molecular weight excluding hydrogens is 300 g/mol. The number of esters is 1. The predicted molar refractivity (Wildman–Crippen MR) is 93.2 cm³/mol. The molecule has 0 aliphatic heterocycles. The van der Waals surface area contributed by atoms with Crippen molar-refractivity contribution >= 4 is 5.97 Å². The summed E-state index contributed by atoms with van der Waals surface area (Å²) in [6.45, 7) is 4.81. The van der Waals surface area contributed by atoms with Gasteiger partial charge in [-0.25, -0.2) is 0 Å². The van der Waals surface area contributed by atoms with Crippen LogP contribution in [0.1, 0.15) is 65.2 Å². The lowest BCUT2D eigenvalue weighted by atomic mass is 9.47. The number of rotatable bonds is 1. The summed E-state index contributed by atoms with van der Waals surface area (Å²) in [6, 6.07) is 0. The van der Waals surface area contributed by atoms with Gasteiger partial charge in [-0.15, -0.1) is 0 Å². The lowest BCUT2D eigenvalue weighted by Gasteiger charge is -2.57. The molecule has 4 aliphatic rings. The first-order valence-corrected chi connectivity index (χ1v) is 9.85. The molecule has 3 fully saturated rings. The molecule has 1 unspecified atom stereocenters. The largest absolute Gasteiger partial charge is 0.469 e. The third-order valence-corrected chi connectivity index (χ3v) is 8.56. The molecular formula is C21H32O3. The molecule has 1 N–H and O–H groups in total. The first kappa shape index (κ1) is 16.6. The molecule has 3 nitrogen and oxygen atoms in total. The van der Waals surface area contributed by atoms with Crippen LogP contribution < -0.4 is 0 Å². The highest BCUT2D eigenvalue weighted by atomic mass is 16.5. The van der Waals surface area contributed by atoms with Crippen LogP contribution in [-0.4, -0.2) is 24.3 Å². The van der Waals surface area contributed by atoms with Crippen LogP contribution in [-0.2, 0) is 9.53 Å². The average Bonchev–Trinajstić information content (AvgIpc) is 2.92. The number of hydrogen-bond acceptors (Lipinski definition) is 3. The number of carbonyl (C=O) groups is 1. The molecule has 134 valence electrons. The number of aliphatic hydroxyl groups excluding tert-OH is 1. The van der Waals surface area contributed by atoms with E-state index >= 15 is 0 Å². The van der Waals surface area contributed by atoms with Crippen LogP contribution >= 0.6 is 0 Å². The Kier molecular flexibility index (Phi) is 3.87. The van der Waals surface area contributed by atoms with E-state index in [-0.39, 0.29) is 28.8 Å². The molecule has 0 saturated heterocycles. The number of fused-ring (bicyclic) bond motifs is 5. The number of ether oxygens (including phenoxy) is 1. The van der Waals surface area contributed by atoms with Crippen LogP contribution in [0.3, 0.4) is 0 Å². The van der Waals surface area contributed by atoms with E-state index in [9.17, 15) is 9.90 Å². The minimum absolute atomic E-state index is 0.0116. The molecule has 7 atom stereocenters.